The summed E-state index contributed by atoms with van der Waals surface area (Å²) in [6, 6.07) is 2.57. The first-order valence-electron chi connectivity index (χ1n) is 5.43. The smallest absolute Gasteiger partial charge is 0.135 e. The number of rotatable bonds is 3. The van der Waals surface area contributed by atoms with E-state index in [1.165, 1.54) is 19.1 Å². The van der Waals surface area contributed by atoms with Crippen LogP contribution >= 0.6 is 0 Å². The van der Waals surface area contributed by atoms with E-state index in [2.05, 4.69) is 0 Å². The van der Waals surface area contributed by atoms with Crippen LogP contribution in [0.25, 0.3) is 0 Å². The number of halogens is 2. The van der Waals surface area contributed by atoms with E-state index in [4.69, 9.17) is 0 Å². The molecule has 0 amide bonds. The predicted octanol–water partition coefficient (Wildman–Crippen LogP) is 3.53. The summed E-state index contributed by atoms with van der Waals surface area (Å²) in [5, 5.41) is 10.2. The molecule has 0 spiro atoms. The average molecular weight is 228 g/mol. The van der Waals surface area contributed by atoms with E-state index in [9.17, 15) is 13.9 Å². The molecule has 0 saturated carbocycles. The topological polar surface area (TPSA) is 20.2 Å². The van der Waals surface area contributed by atoms with Gasteiger partial charge in [0.25, 0.3) is 0 Å². The summed E-state index contributed by atoms with van der Waals surface area (Å²) < 4.78 is 27.4. The molecule has 1 unspecified atom stereocenters. The van der Waals surface area contributed by atoms with E-state index in [1.54, 1.807) is 6.92 Å². The molecule has 3 heteroatoms. The second-order valence-corrected chi connectivity index (χ2v) is 4.93. The monoisotopic (exact) mass is 228 g/mol. The Labute approximate surface area is 95.1 Å². The van der Waals surface area contributed by atoms with E-state index in [1.807, 2.05) is 13.8 Å². The summed E-state index contributed by atoms with van der Waals surface area (Å²) in [5.74, 6) is -1.17. The molecule has 0 saturated heterocycles. The third kappa shape index (κ3) is 2.59. The van der Waals surface area contributed by atoms with E-state index < -0.39 is 17.2 Å². The normalized spacial score (nSPS) is 15.2. The van der Waals surface area contributed by atoms with E-state index in [-0.39, 0.29) is 11.5 Å². The Morgan fingerprint density at radius 1 is 1.31 bits per heavy atom. The Balaban J connectivity index is 3.26. The van der Waals surface area contributed by atoms with Crippen LogP contribution in [-0.2, 0) is 5.60 Å². The first kappa shape index (κ1) is 13.1. The third-order valence-electron chi connectivity index (χ3n) is 2.63. The molecule has 16 heavy (non-hydrogen) atoms. The fourth-order valence-electron chi connectivity index (χ4n) is 2.05. The highest BCUT2D eigenvalue weighted by atomic mass is 19.1. The van der Waals surface area contributed by atoms with Crippen molar-refractivity contribution in [2.75, 3.05) is 0 Å². The molecular formula is C13H18F2O. The maximum atomic E-state index is 13.8. The lowest BCUT2D eigenvalue weighted by Crippen LogP contribution is -2.26. The van der Waals surface area contributed by atoms with Crippen molar-refractivity contribution in [2.24, 2.45) is 5.92 Å². The lowest BCUT2D eigenvalue weighted by atomic mass is 9.86. The van der Waals surface area contributed by atoms with Gasteiger partial charge in [-0.2, -0.15) is 0 Å². The molecule has 0 aliphatic heterocycles. The van der Waals surface area contributed by atoms with Gasteiger partial charge in [-0.05, 0) is 37.8 Å². The molecule has 0 aromatic heterocycles. The van der Waals surface area contributed by atoms with Gasteiger partial charge in [0.05, 0.1) is 11.2 Å². The van der Waals surface area contributed by atoms with Gasteiger partial charge in [0, 0.05) is 0 Å². The highest BCUT2D eigenvalue weighted by Gasteiger charge is 2.31. The first-order chi connectivity index (χ1) is 7.25. The summed E-state index contributed by atoms with van der Waals surface area (Å²) >= 11 is 0. The molecule has 1 rings (SSSR count). The SMILES string of the molecule is Cc1ccc(F)c(C(C)(O)CC(C)C)c1F. The van der Waals surface area contributed by atoms with Crippen molar-refractivity contribution >= 4 is 0 Å². The van der Waals surface area contributed by atoms with Crippen LogP contribution in [0.15, 0.2) is 12.1 Å². The Morgan fingerprint density at radius 3 is 2.38 bits per heavy atom. The number of aryl methyl sites for hydroxylation is 1. The molecule has 1 aromatic carbocycles. The fraction of sp³-hybridized carbons (Fsp3) is 0.538. The quantitative estimate of drug-likeness (QED) is 0.839. The molecule has 0 bridgehead atoms. The van der Waals surface area contributed by atoms with Crippen LogP contribution in [0.4, 0.5) is 8.78 Å². The van der Waals surface area contributed by atoms with Crippen LogP contribution < -0.4 is 0 Å². The van der Waals surface area contributed by atoms with Crippen LogP contribution in [0, 0.1) is 24.5 Å². The average Bonchev–Trinajstić information content (AvgIpc) is 2.09. The highest BCUT2D eigenvalue weighted by Crippen LogP contribution is 2.33. The van der Waals surface area contributed by atoms with Crippen molar-refractivity contribution in [2.45, 2.75) is 39.7 Å². The van der Waals surface area contributed by atoms with Gasteiger partial charge in [-0.1, -0.05) is 19.9 Å². The Hall–Kier alpha value is -0.960. The molecule has 0 aliphatic carbocycles. The van der Waals surface area contributed by atoms with Crippen LogP contribution in [0.3, 0.4) is 0 Å². The zero-order valence-corrected chi connectivity index (χ0v) is 10.1. The van der Waals surface area contributed by atoms with Gasteiger partial charge in [0.15, 0.2) is 0 Å². The number of benzene rings is 1. The van der Waals surface area contributed by atoms with Gasteiger partial charge in [0.2, 0.25) is 0 Å². The van der Waals surface area contributed by atoms with Gasteiger partial charge < -0.3 is 5.11 Å². The molecule has 1 nitrogen and oxygen atoms in total. The summed E-state index contributed by atoms with van der Waals surface area (Å²) in [7, 11) is 0. The van der Waals surface area contributed by atoms with E-state index >= 15 is 0 Å². The lowest BCUT2D eigenvalue weighted by molar-refractivity contribution is 0.0276. The van der Waals surface area contributed by atoms with Crippen LogP contribution in [0.1, 0.15) is 38.3 Å². The maximum Gasteiger partial charge on any atom is 0.135 e. The van der Waals surface area contributed by atoms with Gasteiger partial charge >= 0.3 is 0 Å². The Kier molecular flexibility index (Phi) is 3.68. The zero-order valence-electron chi connectivity index (χ0n) is 10.1. The van der Waals surface area contributed by atoms with Gasteiger partial charge in [-0.3, -0.25) is 0 Å². The third-order valence-corrected chi connectivity index (χ3v) is 2.63. The molecule has 1 N–H and O–H groups in total. The molecule has 0 radical (unpaired) electrons. The minimum atomic E-state index is -1.46. The number of hydrogen-bond donors (Lipinski definition) is 1. The second kappa shape index (κ2) is 4.50. The predicted molar refractivity (Wildman–Crippen MR) is 60.1 cm³/mol. The fourth-order valence-corrected chi connectivity index (χ4v) is 2.05. The van der Waals surface area contributed by atoms with Crippen molar-refractivity contribution in [1.82, 2.24) is 0 Å². The Morgan fingerprint density at radius 2 is 1.88 bits per heavy atom. The van der Waals surface area contributed by atoms with Gasteiger partial charge in [-0.25, -0.2) is 8.78 Å². The van der Waals surface area contributed by atoms with Crippen molar-refractivity contribution < 1.29 is 13.9 Å². The molecule has 0 fully saturated rings. The van der Waals surface area contributed by atoms with Gasteiger partial charge in [0.1, 0.15) is 11.6 Å². The zero-order chi connectivity index (χ0) is 12.5. The maximum absolute atomic E-state index is 13.8. The lowest BCUT2D eigenvalue weighted by Gasteiger charge is -2.27. The highest BCUT2D eigenvalue weighted by molar-refractivity contribution is 5.31. The van der Waals surface area contributed by atoms with Gasteiger partial charge in [-0.15, -0.1) is 0 Å². The molecule has 0 aliphatic rings. The van der Waals surface area contributed by atoms with Crippen molar-refractivity contribution in [3.63, 3.8) is 0 Å². The standard InChI is InChI=1S/C13H18F2O/c1-8(2)7-13(4,16)11-10(14)6-5-9(3)12(11)15/h5-6,8,16H,7H2,1-4H3. The largest absolute Gasteiger partial charge is 0.385 e. The molecular weight excluding hydrogens is 210 g/mol. The molecule has 0 heterocycles. The summed E-state index contributed by atoms with van der Waals surface area (Å²) in [6.45, 7) is 6.82. The molecule has 90 valence electrons. The van der Waals surface area contributed by atoms with Crippen molar-refractivity contribution in [1.29, 1.82) is 0 Å². The first-order valence-corrected chi connectivity index (χ1v) is 5.43. The Bertz CT molecular complexity index is 384. The van der Waals surface area contributed by atoms with Crippen molar-refractivity contribution in [3.05, 3.63) is 34.9 Å². The number of hydrogen-bond acceptors (Lipinski definition) is 1. The van der Waals surface area contributed by atoms with E-state index in [0.717, 1.165) is 0 Å². The summed E-state index contributed by atoms with van der Waals surface area (Å²) in [6.07, 6.45) is 0.324. The summed E-state index contributed by atoms with van der Waals surface area (Å²) in [5.41, 5.74) is -1.34. The van der Waals surface area contributed by atoms with Crippen LogP contribution in [0.2, 0.25) is 0 Å². The minimum Gasteiger partial charge on any atom is -0.385 e. The molecule has 1 atom stereocenters. The second-order valence-electron chi connectivity index (χ2n) is 4.93. The van der Waals surface area contributed by atoms with Crippen molar-refractivity contribution in [3.8, 4) is 0 Å². The number of aliphatic hydroxyl groups is 1. The molecule has 1 aromatic rings. The summed E-state index contributed by atoms with van der Waals surface area (Å²) in [4.78, 5) is 0. The minimum absolute atomic E-state index is 0.161. The van der Waals surface area contributed by atoms with E-state index in [0.29, 0.717) is 12.0 Å². The van der Waals surface area contributed by atoms with Crippen LogP contribution in [0.5, 0.6) is 0 Å². The van der Waals surface area contributed by atoms with Crippen LogP contribution in [-0.4, -0.2) is 5.11 Å².